The summed E-state index contributed by atoms with van der Waals surface area (Å²) in [6.07, 6.45) is 0. The van der Waals surface area contributed by atoms with Crippen LogP contribution in [0.5, 0.6) is 5.75 Å². The summed E-state index contributed by atoms with van der Waals surface area (Å²) in [5.74, 6) is -0.345. The van der Waals surface area contributed by atoms with Crippen LogP contribution in [0.15, 0.2) is 60.0 Å². The molecule has 3 rings (SSSR count). The topological polar surface area (TPSA) is 87.7 Å². The number of ether oxygens (including phenoxy) is 1. The Kier molecular flexibility index (Phi) is 7.86. The Morgan fingerprint density at radius 2 is 1.84 bits per heavy atom. The summed E-state index contributed by atoms with van der Waals surface area (Å²) in [6, 6.07) is 15.3. The number of rotatable bonds is 8. The molecule has 0 fully saturated rings. The van der Waals surface area contributed by atoms with E-state index in [2.05, 4.69) is 10.6 Å². The van der Waals surface area contributed by atoms with Gasteiger partial charge < -0.3 is 20.3 Å². The second-order valence-corrected chi connectivity index (χ2v) is 8.30. The smallest absolute Gasteiger partial charge is 0.261 e. The largest absolute Gasteiger partial charge is 0.495 e. The lowest BCUT2D eigenvalue weighted by Crippen LogP contribution is -2.35. The van der Waals surface area contributed by atoms with Crippen molar-refractivity contribution in [1.29, 1.82) is 0 Å². The highest BCUT2D eigenvalue weighted by molar-refractivity contribution is 7.12. The molecule has 3 aromatic rings. The highest BCUT2D eigenvalue weighted by atomic mass is 35.5. The first-order valence-electron chi connectivity index (χ1n) is 9.67. The molecule has 0 unspecified atom stereocenters. The lowest BCUT2D eigenvalue weighted by Gasteiger charge is -2.18. The Morgan fingerprint density at radius 3 is 2.50 bits per heavy atom. The van der Waals surface area contributed by atoms with Crippen LogP contribution in [-0.2, 0) is 11.3 Å². The number of carbonyl (C=O) groups is 3. The van der Waals surface area contributed by atoms with Crippen LogP contribution in [0.1, 0.15) is 25.6 Å². The number of hydrogen-bond acceptors (Lipinski definition) is 5. The first kappa shape index (κ1) is 23.3. The van der Waals surface area contributed by atoms with Gasteiger partial charge in [-0.05, 0) is 47.3 Å². The zero-order chi connectivity index (χ0) is 23.1. The lowest BCUT2D eigenvalue weighted by molar-refractivity contribution is -0.116. The first-order chi connectivity index (χ1) is 15.4. The molecule has 32 heavy (non-hydrogen) atoms. The van der Waals surface area contributed by atoms with Gasteiger partial charge in [-0.1, -0.05) is 29.8 Å². The molecule has 0 atom stereocenters. The normalized spacial score (nSPS) is 10.3. The Bertz CT molecular complexity index is 1100. The van der Waals surface area contributed by atoms with E-state index in [1.165, 1.54) is 23.3 Å². The summed E-state index contributed by atoms with van der Waals surface area (Å²) in [5.41, 5.74) is 1.73. The molecule has 0 saturated heterocycles. The molecule has 0 spiro atoms. The summed E-state index contributed by atoms with van der Waals surface area (Å²) in [6.45, 7) is 0.206. The molecule has 0 aliphatic carbocycles. The van der Waals surface area contributed by atoms with Crippen LogP contribution in [0, 0.1) is 0 Å². The van der Waals surface area contributed by atoms with Gasteiger partial charge in [-0.25, -0.2) is 0 Å². The Balaban J connectivity index is 1.54. The standard InChI is InChI=1S/C23H22ClN3O4S/c1-27(14-21(28)26-18-12-17(24)9-10-19(18)31-2)23(30)16-7-5-15(6-8-16)13-25-22(29)20-4-3-11-32-20/h3-12H,13-14H2,1-2H3,(H,25,29)(H,26,28). The van der Waals surface area contributed by atoms with Crippen molar-refractivity contribution in [2.45, 2.75) is 6.54 Å². The van der Waals surface area contributed by atoms with E-state index >= 15 is 0 Å². The van der Waals surface area contributed by atoms with Gasteiger partial charge in [0, 0.05) is 24.2 Å². The summed E-state index contributed by atoms with van der Waals surface area (Å²) in [7, 11) is 3.04. The third-order valence-corrected chi connectivity index (χ3v) is 5.67. The van der Waals surface area contributed by atoms with Crippen LogP contribution < -0.4 is 15.4 Å². The van der Waals surface area contributed by atoms with E-state index in [1.807, 2.05) is 11.4 Å². The summed E-state index contributed by atoms with van der Waals surface area (Å²) in [4.78, 5) is 39.1. The van der Waals surface area contributed by atoms with Gasteiger partial charge in [0.1, 0.15) is 5.75 Å². The zero-order valence-corrected chi connectivity index (χ0v) is 19.1. The van der Waals surface area contributed by atoms with E-state index in [-0.39, 0.29) is 24.3 Å². The molecular weight excluding hydrogens is 450 g/mol. The maximum absolute atomic E-state index is 12.7. The van der Waals surface area contributed by atoms with Gasteiger partial charge in [0.05, 0.1) is 24.2 Å². The quantitative estimate of drug-likeness (QED) is 0.518. The van der Waals surface area contributed by atoms with Gasteiger partial charge in [0.2, 0.25) is 5.91 Å². The molecule has 166 valence electrons. The van der Waals surface area contributed by atoms with Crippen LogP contribution in [-0.4, -0.2) is 43.3 Å². The van der Waals surface area contributed by atoms with Crippen LogP contribution in [0.3, 0.4) is 0 Å². The second kappa shape index (κ2) is 10.8. The molecule has 3 amide bonds. The van der Waals surface area contributed by atoms with Crippen molar-refractivity contribution < 1.29 is 19.1 Å². The van der Waals surface area contributed by atoms with Crippen LogP contribution in [0.25, 0.3) is 0 Å². The van der Waals surface area contributed by atoms with Crippen molar-refractivity contribution in [3.8, 4) is 5.75 Å². The van der Waals surface area contributed by atoms with Crippen molar-refractivity contribution >= 4 is 46.3 Å². The number of benzene rings is 2. The number of nitrogens with one attached hydrogen (secondary N) is 2. The predicted molar refractivity (Wildman–Crippen MR) is 126 cm³/mol. The third-order valence-electron chi connectivity index (χ3n) is 4.56. The fourth-order valence-corrected chi connectivity index (χ4v) is 3.73. The Labute approximate surface area is 195 Å². The number of nitrogens with zero attached hydrogens (tertiary/aromatic N) is 1. The number of carbonyl (C=O) groups excluding carboxylic acids is 3. The molecule has 9 heteroatoms. The van der Waals surface area contributed by atoms with Gasteiger partial charge in [0.25, 0.3) is 11.8 Å². The molecule has 0 saturated carbocycles. The predicted octanol–water partition coefficient (Wildman–Crippen LogP) is 4.05. The third kappa shape index (κ3) is 6.09. The molecule has 2 N–H and O–H groups in total. The number of amides is 3. The second-order valence-electron chi connectivity index (χ2n) is 6.91. The molecule has 1 heterocycles. The summed E-state index contributed by atoms with van der Waals surface area (Å²) < 4.78 is 5.21. The van der Waals surface area contributed by atoms with E-state index < -0.39 is 0 Å². The number of methoxy groups -OCH3 is 1. The fourth-order valence-electron chi connectivity index (χ4n) is 2.92. The van der Waals surface area contributed by atoms with E-state index in [0.29, 0.717) is 33.4 Å². The minimum Gasteiger partial charge on any atom is -0.495 e. The van der Waals surface area contributed by atoms with Crippen LogP contribution in [0.2, 0.25) is 5.02 Å². The molecule has 2 aromatic carbocycles. The highest BCUT2D eigenvalue weighted by Crippen LogP contribution is 2.27. The van der Waals surface area contributed by atoms with Crippen LogP contribution >= 0.6 is 22.9 Å². The van der Waals surface area contributed by atoms with Gasteiger partial charge in [-0.3, -0.25) is 14.4 Å². The van der Waals surface area contributed by atoms with Crippen molar-refractivity contribution in [1.82, 2.24) is 10.2 Å². The molecule has 0 aliphatic heterocycles. The zero-order valence-electron chi connectivity index (χ0n) is 17.6. The average molecular weight is 472 g/mol. The number of likely N-dealkylation sites (N-methyl/N-ethyl adjacent to an activating group) is 1. The van der Waals surface area contributed by atoms with Gasteiger partial charge in [-0.15, -0.1) is 11.3 Å². The number of anilines is 1. The Morgan fingerprint density at radius 1 is 1.09 bits per heavy atom. The van der Waals surface area contributed by atoms with Crippen LogP contribution in [0.4, 0.5) is 5.69 Å². The monoisotopic (exact) mass is 471 g/mol. The van der Waals surface area contributed by atoms with Crippen molar-refractivity contribution in [3.63, 3.8) is 0 Å². The first-order valence-corrected chi connectivity index (χ1v) is 10.9. The SMILES string of the molecule is COc1ccc(Cl)cc1NC(=O)CN(C)C(=O)c1ccc(CNC(=O)c2cccs2)cc1. The maximum Gasteiger partial charge on any atom is 0.261 e. The van der Waals surface area contributed by atoms with Crippen molar-refractivity contribution in [2.24, 2.45) is 0 Å². The van der Waals surface area contributed by atoms with Crippen molar-refractivity contribution in [2.75, 3.05) is 26.0 Å². The lowest BCUT2D eigenvalue weighted by atomic mass is 10.1. The minimum atomic E-state index is -0.380. The van der Waals surface area contributed by atoms with E-state index in [0.717, 1.165) is 5.56 Å². The molecule has 7 nitrogen and oxygen atoms in total. The van der Waals surface area contributed by atoms with E-state index in [1.54, 1.807) is 55.6 Å². The van der Waals surface area contributed by atoms with Gasteiger partial charge in [-0.2, -0.15) is 0 Å². The summed E-state index contributed by atoms with van der Waals surface area (Å²) >= 11 is 7.35. The minimum absolute atomic E-state index is 0.137. The molecule has 0 radical (unpaired) electrons. The molecule has 1 aromatic heterocycles. The average Bonchev–Trinajstić information content (AvgIpc) is 3.32. The Hall–Kier alpha value is -3.36. The maximum atomic E-state index is 12.7. The van der Waals surface area contributed by atoms with Gasteiger partial charge in [0.15, 0.2) is 0 Å². The van der Waals surface area contributed by atoms with Crippen molar-refractivity contribution in [3.05, 3.63) is 81.0 Å². The fraction of sp³-hybridized carbons (Fsp3) is 0.174. The van der Waals surface area contributed by atoms with E-state index in [9.17, 15) is 14.4 Å². The molecule has 0 bridgehead atoms. The number of halogens is 1. The number of thiophene rings is 1. The van der Waals surface area contributed by atoms with Gasteiger partial charge >= 0.3 is 0 Å². The summed E-state index contributed by atoms with van der Waals surface area (Å²) in [5, 5.41) is 7.85. The molecular formula is C23H22ClN3O4S. The molecule has 0 aliphatic rings. The van der Waals surface area contributed by atoms with E-state index in [4.69, 9.17) is 16.3 Å². The highest BCUT2D eigenvalue weighted by Gasteiger charge is 2.16. The number of hydrogen-bond donors (Lipinski definition) is 2.